The second kappa shape index (κ2) is 10.9. The predicted octanol–water partition coefficient (Wildman–Crippen LogP) is 3.41. The molecule has 1 saturated heterocycles. The van der Waals surface area contributed by atoms with Crippen molar-refractivity contribution in [1.82, 2.24) is 15.1 Å². The van der Waals surface area contributed by atoms with E-state index in [-0.39, 0.29) is 23.8 Å². The lowest BCUT2D eigenvalue weighted by molar-refractivity contribution is -0.134. The van der Waals surface area contributed by atoms with Crippen molar-refractivity contribution in [2.45, 2.75) is 38.6 Å². The highest BCUT2D eigenvalue weighted by atomic mass is 32.1. The van der Waals surface area contributed by atoms with Crippen molar-refractivity contribution in [2.24, 2.45) is 0 Å². The van der Waals surface area contributed by atoms with Crippen LogP contribution >= 0.6 is 11.3 Å². The third-order valence-electron chi connectivity index (χ3n) is 5.41. The predicted molar refractivity (Wildman–Crippen MR) is 119 cm³/mol. The Labute approximate surface area is 181 Å². The zero-order valence-corrected chi connectivity index (χ0v) is 18.2. The Balaban J connectivity index is 1.49. The average Bonchev–Trinajstić information content (AvgIpc) is 3.33. The molecule has 3 rings (SSSR count). The number of piperidine rings is 1. The van der Waals surface area contributed by atoms with Crippen LogP contribution in [0.3, 0.4) is 0 Å². The molecule has 160 valence electrons. The fourth-order valence-electron chi connectivity index (χ4n) is 3.82. The molecule has 0 spiro atoms. The summed E-state index contributed by atoms with van der Waals surface area (Å²) in [6.45, 7) is 4.40. The van der Waals surface area contributed by atoms with Crippen molar-refractivity contribution < 1.29 is 14.4 Å². The van der Waals surface area contributed by atoms with Gasteiger partial charge in [-0.2, -0.15) is 11.3 Å². The molecule has 3 amide bonds. The molecular formula is C23H29N3O3S. The Kier molecular flexibility index (Phi) is 8.02. The van der Waals surface area contributed by atoms with Crippen molar-refractivity contribution >= 4 is 29.1 Å². The molecule has 1 aliphatic heterocycles. The van der Waals surface area contributed by atoms with E-state index in [1.165, 1.54) is 11.3 Å². The van der Waals surface area contributed by atoms with Gasteiger partial charge in [0.1, 0.15) is 0 Å². The first-order valence-electron chi connectivity index (χ1n) is 10.5. The first-order valence-corrected chi connectivity index (χ1v) is 11.5. The number of benzene rings is 1. The summed E-state index contributed by atoms with van der Waals surface area (Å²) in [5.74, 6) is -0.0207. The van der Waals surface area contributed by atoms with Crippen LogP contribution in [0.2, 0.25) is 0 Å². The fourth-order valence-corrected chi connectivity index (χ4v) is 4.45. The minimum absolute atomic E-state index is 0.0542. The van der Waals surface area contributed by atoms with Gasteiger partial charge in [-0.15, -0.1) is 0 Å². The van der Waals surface area contributed by atoms with Gasteiger partial charge in [-0.3, -0.25) is 14.4 Å². The van der Waals surface area contributed by atoms with Gasteiger partial charge in [0.2, 0.25) is 5.91 Å². The van der Waals surface area contributed by atoms with Gasteiger partial charge < -0.3 is 15.1 Å². The molecule has 0 unspecified atom stereocenters. The normalized spacial score (nSPS) is 14.4. The third kappa shape index (κ3) is 5.69. The summed E-state index contributed by atoms with van der Waals surface area (Å²) in [7, 11) is 0. The molecule has 0 saturated carbocycles. The number of hydrogen-bond donors (Lipinski definition) is 1. The lowest BCUT2D eigenvalue weighted by Gasteiger charge is -2.38. The van der Waals surface area contributed by atoms with E-state index in [9.17, 15) is 14.4 Å². The number of likely N-dealkylation sites (tertiary alicyclic amines) is 1. The minimum atomic E-state index is -0.140. The van der Waals surface area contributed by atoms with E-state index in [1.54, 1.807) is 11.4 Å². The number of nitrogens with one attached hydrogen (secondary N) is 1. The summed E-state index contributed by atoms with van der Waals surface area (Å²) in [4.78, 5) is 41.3. The Bertz CT molecular complexity index is 831. The summed E-state index contributed by atoms with van der Waals surface area (Å²) in [6, 6.07) is 11.2. The highest BCUT2D eigenvalue weighted by molar-refractivity contribution is 7.08. The molecule has 1 aromatic carbocycles. The quantitative estimate of drug-likeness (QED) is 0.702. The van der Waals surface area contributed by atoms with Crippen LogP contribution in [0.25, 0.3) is 0 Å². The van der Waals surface area contributed by atoms with Crippen LogP contribution in [-0.4, -0.2) is 59.7 Å². The van der Waals surface area contributed by atoms with Crippen LogP contribution in [0.1, 0.15) is 53.3 Å². The summed E-state index contributed by atoms with van der Waals surface area (Å²) >= 11 is 1.47. The maximum atomic E-state index is 12.8. The maximum absolute atomic E-state index is 12.8. The van der Waals surface area contributed by atoms with Crippen LogP contribution in [0.5, 0.6) is 0 Å². The van der Waals surface area contributed by atoms with Crippen molar-refractivity contribution in [2.75, 3.05) is 26.2 Å². The smallest absolute Gasteiger partial charge is 0.253 e. The Hall–Kier alpha value is -2.67. The number of nitrogens with zero attached hydrogens (tertiary/aromatic N) is 2. The molecule has 1 fully saturated rings. The van der Waals surface area contributed by atoms with E-state index in [0.717, 1.165) is 19.3 Å². The molecule has 1 N–H and O–H groups in total. The largest absolute Gasteiger partial charge is 0.351 e. The lowest BCUT2D eigenvalue weighted by Crippen LogP contribution is -2.49. The molecule has 0 bridgehead atoms. The van der Waals surface area contributed by atoms with E-state index >= 15 is 0 Å². The molecule has 7 heteroatoms. The second-order valence-electron chi connectivity index (χ2n) is 7.49. The highest BCUT2D eigenvalue weighted by Gasteiger charge is 2.29. The first-order chi connectivity index (χ1) is 14.6. The maximum Gasteiger partial charge on any atom is 0.253 e. The van der Waals surface area contributed by atoms with Gasteiger partial charge in [-0.25, -0.2) is 0 Å². The molecule has 1 aliphatic rings. The molecule has 0 atom stereocenters. The summed E-state index contributed by atoms with van der Waals surface area (Å²) in [5, 5.41) is 6.48. The Morgan fingerprint density at radius 2 is 1.83 bits per heavy atom. The average molecular weight is 428 g/mol. The van der Waals surface area contributed by atoms with Crippen LogP contribution < -0.4 is 5.32 Å². The van der Waals surface area contributed by atoms with Gasteiger partial charge in [0, 0.05) is 55.1 Å². The molecule has 30 heavy (non-hydrogen) atoms. The number of amides is 3. The number of carbonyl (C=O) groups excluding carboxylic acids is 3. The van der Waals surface area contributed by atoms with E-state index < -0.39 is 0 Å². The zero-order chi connectivity index (χ0) is 21.3. The van der Waals surface area contributed by atoms with Crippen LogP contribution in [0.4, 0.5) is 0 Å². The van der Waals surface area contributed by atoms with Crippen molar-refractivity contribution in [3.05, 3.63) is 58.3 Å². The summed E-state index contributed by atoms with van der Waals surface area (Å²) in [5.41, 5.74) is 1.34. The molecule has 6 nitrogen and oxygen atoms in total. The third-order valence-corrected chi connectivity index (χ3v) is 6.09. The number of rotatable bonds is 8. The lowest BCUT2D eigenvalue weighted by atomic mass is 10.0. The standard InChI is InChI=1S/C23H29N3O3S/c1-2-13-26(21(27)8-12-24-22(28)19-11-16-30-17-19)20-9-14-25(15-10-20)23(29)18-6-4-3-5-7-18/h3-7,11,16-17,20H,2,8-10,12-15H2,1H3,(H,24,28). The first kappa shape index (κ1) is 22.0. The molecule has 0 radical (unpaired) electrons. The fraction of sp³-hybridized carbons (Fsp3) is 0.435. The van der Waals surface area contributed by atoms with Crippen LogP contribution in [0.15, 0.2) is 47.2 Å². The van der Waals surface area contributed by atoms with Gasteiger partial charge in [0.25, 0.3) is 11.8 Å². The highest BCUT2D eigenvalue weighted by Crippen LogP contribution is 2.20. The number of hydrogen-bond acceptors (Lipinski definition) is 4. The molecule has 2 aromatic rings. The van der Waals surface area contributed by atoms with E-state index in [4.69, 9.17) is 0 Å². The van der Waals surface area contributed by atoms with Gasteiger partial charge >= 0.3 is 0 Å². The number of thiophene rings is 1. The Morgan fingerprint density at radius 3 is 2.47 bits per heavy atom. The zero-order valence-electron chi connectivity index (χ0n) is 17.4. The van der Waals surface area contributed by atoms with Crippen molar-refractivity contribution in [1.29, 1.82) is 0 Å². The summed E-state index contributed by atoms with van der Waals surface area (Å²) < 4.78 is 0. The molecule has 0 aliphatic carbocycles. The second-order valence-corrected chi connectivity index (χ2v) is 8.27. The van der Waals surface area contributed by atoms with E-state index in [1.807, 2.05) is 45.5 Å². The van der Waals surface area contributed by atoms with E-state index in [0.29, 0.717) is 43.7 Å². The number of carbonyl (C=O) groups is 3. The topological polar surface area (TPSA) is 69.7 Å². The van der Waals surface area contributed by atoms with E-state index in [2.05, 4.69) is 12.2 Å². The van der Waals surface area contributed by atoms with Crippen LogP contribution in [0, 0.1) is 0 Å². The van der Waals surface area contributed by atoms with Crippen molar-refractivity contribution in [3.63, 3.8) is 0 Å². The molecular weight excluding hydrogens is 398 g/mol. The molecule has 1 aromatic heterocycles. The van der Waals surface area contributed by atoms with Gasteiger partial charge in [0.15, 0.2) is 0 Å². The van der Waals surface area contributed by atoms with Gasteiger partial charge in [0.05, 0.1) is 0 Å². The monoisotopic (exact) mass is 427 g/mol. The molecule has 2 heterocycles. The SMILES string of the molecule is CCCN(C(=O)CCNC(=O)c1ccsc1)C1CCN(C(=O)c2ccccc2)CC1. The van der Waals surface area contributed by atoms with Crippen LogP contribution in [-0.2, 0) is 4.79 Å². The van der Waals surface area contributed by atoms with Crippen molar-refractivity contribution in [3.8, 4) is 0 Å². The minimum Gasteiger partial charge on any atom is -0.351 e. The Morgan fingerprint density at radius 1 is 1.10 bits per heavy atom. The van der Waals surface area contributed by atoms with Gasteiger partial charge in [-0.05, 0) is 42.8 Å². The van der Waals surface area contributed by atoms with Gasteiger partial charge in [-0.1, -0.05) is 25.1 Å². The summed E-state index contributed by atoms with van der Waals surface area (Å²) in [6.07, 6.45) is 2.74.